The highest BCUT2D eigenvalue weighted by atomic mass is 79.9. The molecule has 3 heterocycles. The summed E-state index contributed by atoms with van der Waals surface area (Å²) in [6.45, 7) is 4.32. The summed E-state index contributed by atoms with van der Waals surface area (Å²) in [5.74, 6) is -0.926. The maximum Gasteiger partial charge on any atom is 0.488 e. The molecule has 8 rings (SSSR count). The molecule has 23 heteroatoms. The van der Waals surface area contributed by atoms with E-state index in [1.807, 2.05) is 36.4 Å². The van der Waals surface area contributed by atoms with E-state index in [2.05, 4.69) is 46.9 Å². The summed E-state index contributed by atoms with van der Waals surface area (Å²) in [7, 11) is 1.75. The van der Waals surface area contributed by atoms with E-state index in [4.69, 9.17) is 53.8 Å². The molecule has 0 aliphatic heterocycles. The molecule has 0 atom stereocenters. The lowest BCUT2D eigenvalue weighted by atomic mass is 9.80. The Morgan fingerprint density at radius 2 is 0.975 bits per heavy atom. The first-order valence-electron chi connectivity index (χ1n) is 24.0. The average Bonchev–Trinajstić information content (AvgIpc) is 4.23. The van der Waals surface area contributed by atoms with Crippen LogP contribution in [0.5, 0.6) is 11.5 Å². The number of carbonyl (C=O) groups is 6. The monoisotopic (exact) mass is 1240 g/mol. The second-order valence-electron chi connectivity index (χ2n) is 16.1. The number of nitrogen functional groups attached to an aromatic ring is 1. The Balaban J connectivity index is 0.000000280. The van der Waals surface area contributed by atoms with Crippen molar-refractivity contribution in [2.75, 3.05) is 43.8 Å². The van der Waals surface area contributed by atoms with Gasteiger partial charge in [0, 0.05) is 22.6 Å². The molecule has 8 aromatic rings. The van der Waals surface area contributed by atoms with Gasteiger partial charge in [0.15, 0.2) is 20.9 Å². The second kappa shape index (κ2) is 34.9. The van der Waals surface area contributed by atoms with Crippen LogP contribution >= 0.6 is 31.9 Å². The Kier molecular flexibility index (Phi) is 28.6. The maximum atomic E-state index is 12.4. The van der Waals surface area contributed by atoms with Gasteiger partial charge >= 0.3 is 31.0 Å². The van der Waals surface area contributed by atoms with Crippen molar-refractivity contribution < 1.29 is 81.2 Å². The fourth-order valence-corrected chi connectivity index (χ4v) is 7.16. The molecule has 0 aliphatic rings. The molecule has 0 fully saturated rings. The Morgan fingerprint density at radius 3 is 1.38 bits per heavy atom. The highest BCUT2D eigenvalue weighted by Gasteiger charge is 2.15. The molecule has 0 spiro atoms. The van der Waals surface area contributed by atoms with Gasteiger partial charge in [-0.3, -0.25) is 24.0 Å². The van der Waals surface area contributed by atoms with Crippen molar-refractivity contribution >= 4 is 97.2 Å². The predicted molar refractivity (Wildman–Crippen MR) is 312 cm³/mol. The number of furan rings is 3. The summed E-state index contributed by atoms with van der Waals surface area (Å²) >= 11 is 6.11. The number of benzene rings is 5. The molecule has 0 unspecified atom stereocenters. The Bertz CT molecular complexity index is 3270. The van der Waals surface area contributed by atoms with Gasteiger partial charge in [0.2, 0.25) is 5.76 Å². The number of nitrogens with two attached hydrogens (primary N) is 1. The van der Waals surface area contributed by atoms with Crippen molar-refractivity contribution in [3.05, 3.63) is 201 Å². The highest BCUT2D eigenvalue weighted by molar-refractivity contribution is 9.10. The van der Waals surface area contributed by atoms with Gasteiger partial charge in [-0.2, -0.15) is 0 Å². The first kappa shape index (κ1) is 66.4. The smallest absolute Gasteiger partial charge is 0.488 e. The molecule has 20 nitrogen and oxygen atoms in total. The highest BCUT2D eigenvalue weighted by Crippen LogP contribution is 2.25. The first-order chi connectivity index (χ1) is 38.3. The fourth-order valence-electron chi connectivity index (χ4n) is 6.55. The molecule has 0 aliphatic carbocycles. The zero-order chi connectivity index (χ0) is 58.6. The number of amides is 2. The Labute approximate surface area is 484 Å². The van der Waals surface area contributed by atoms with Crippen LogP contribution in [0.1, 0.15) is 69.6 Å². The maximum absolute atomic E-state index is 12.4. The van der Waals surface area contributed by atoms with Crippen molar-refractivity contribution in [1.29, 1.82) is 0 Å². The quantitative estimate of drug-likeness (QED) is 0.0253. The van der Waals surface area contributed by atoms with E-state index in [9.17, 15) is 28.8 Å². The third-order valence-corrected chi connectivity index (χ3v) is 11.0. The number of carboxylic acids is 2. The number of rotatable bonds is 17. The molecule has 8 N–H and O–H groups in total. The van der Waals surface area contributed by atoms with Crippen LogP contribution < -0.4 is 31.3 Å². The zero-order valence-electron chi connectivity index (χ0n) is 43.6. The SMILES string of the molecule is C.CCOC(=O)Cc1cccc(N)c1.CCOC(=O)Cc1cccc(NC(=O)c2ccc(Br)o2)c1.COc1ccc(-c2ccc(C(=O)Nc3cccc(CC(=O)O)c3)o2)cc1.COc1ccc(B(O)O)cc1.O=C(O)c1ccc(Br)o1. The molecular formula is C58H60BBr2N3O17. The van der Waals surface area contributed by atoms with Gasteiger partial charge in [0.1, 0.15) is 17.3 Å². The molecular weight excluding hydrogens is 1180 g/mol. The van der Waals surface area contributed by atoms with E-state index in [0.717, 1.165) is 22.4 Å². The van der Waals surface area contributed by atoms with Gasteiger partial charge in [-0.05, 0) is 177 Å². The second-order valence-corrected chi connectivity index (χ2v) is 17.7. The number of methoxy groups -OCH3 is 2. The van der Waals surface area contributed by atoms with Crippen molar-refractivity contribution in [3.63, 3.8) is 0 Å². The van der Waals surface area contributed by atoms with Gasteiger partial charge in [0.05, 0.1) is 46.7 Å². The van der Waals surface area contributed by atoms with Gasteiger partial charge in [-0.1, -0.05) is 56.0 Å². The number of carbonyl (C=O) groups excluding carboxylic acids is 4. The molecule has 3 aromatic heterocycles. The van der Waals surface area contributed by atoms with Crippen LogP contribution in [0.3, 0.4) is 0 Å². The van der Waals surface area contributed by atoms with E-state index in [0.29, 0.717) is 68.6 Å². The topological polar surface area (TPSA) is 310 Å². The largest absolute Gasteiger partial charge is 0.497 e. The third-order valence-electron chi connectivity index (χ3n) is 10.2. The average molecular weight is 1240 g/mol. The van der Waals surface area contributed by atoms with Crippen molar-refractivity contribution in [1.82, 2.24) is 0 Å². The summed E-state index contributed by atoms with van der Waals surface area (Å²) < 4.78 is 36.1. The molecule has 5 aromatic carbocycles. The molecule has 0 saturated heterocycles. The van der Waals surface area contributed by atoms with Crippen LogP contribution in [0.15, 0.2) is 180 Å². The minimum atomic E-state index is -1.40. The van der Waals surface area contributed by atoms with Crippen LogP contribution in [-0.4, -0.2) is 90.5 Å². The lowest BCUT2D eigenvalue weighted by Gasteiger charge is -2.06. The van der Waals surface area contributed by atoms with Gasteiger partial charge in [-0.25, -0.2) is 4.79 Å². The molecule has 0 saturated carbocycles. The fraction of sp³-hybridized carbons (Fsp3) is 0.172. The third kappa shape index (κ3) is 24.3. The molecule has 81 heavy (non-hydrogen) atoms. The number of ether oxygens (including phenoxy) is 4. The van der Waals surface area contributed by atoms with Crippen LogP contribution in [0, 0.1) is 0 Å². The van der Waals surface area contributed by atoms with Crippen molar-refractivity contribution in [3.8, 4) is 22.8 Å². The minimum Gasteiger partial charge on any atom is -0.497 e. The van der Waals surface area contributed by atoms with Crippen LogP contribution in [0.2, 0.25) is 0 Å². The van der Waals surface area contributed by atoms with Gasteiger partial charge in [0.25, 0.3) is 11.8 Å². The van der Waals surface area contributed by atoms with Crippen LogP contribution in [0.25, 0.3) is 11.3 Å². The van der Waals surface area contributed by atoms with E-state index in [1.165, 1.54) is 12.1 Å². The first-order valence-corrected chi connectivity index (χ1v) is 25.5. The summed E-state index contributed by atoms with van der Waals surface area (Å²) in [4.78, 5) is 67.7. The number of hydrogen-bond donors (Lipinski definition) is 7. The van der Waals surface area contributed by atoms with Crippen LogP contribution in [-0.2, 0) is 43.1 Å². The Morgan fingerprint density at radius 1 is 0.543 bits per heavy atom. The van der Waals surface area contributed by atoms with E-state index >= 15 is 0 Å². The summed E-state index contributed by atoms with van der Waals surface area (Å²) in [6, 6.07) is 44.3. The minimum absolute atomic E-state index is 0. The number of anilines is 3. The summed E-state index contributed by atoms with van der Waals surface area (Å²) in [5, 5.41) is 40.0. The number of nitrogens with one attached hydrogen (secondary N) is 2. The van der Waals surface area contributed by atoms with Gasteiger partial charge in [-0.15, -0.1) is 0 Å². The molecule has 0 bridgehead atoms. The Hall–Kier alpha value is -8.90. The van der Waals surface area contributed by atoms with E-state index in [1.54, 1.807) is 137 Å². The molecule has 426 valence electrons. The lowest BCUT2D eigenvalue weighted by molar-refractivity contribution is -0.143. The van der Waals surface area contributed by atoms with Gasteiger partial charge < -0.3 is 68.8 Å². The molecule has 0 radical (unpaired) electrons. The summed E-state index contributed by atoms with van der Waals surface area (Å²) in [6.07, 6.45) is 0.356. The standard InChI is InChI=1S/C20H17NO5.C15H14BrNO4.C10H13NO2.C7H9BO3.C5H3BrO3.CH4/c1-25-16-7-5-14(6-8-16)17-9-10-18(26-17)20(24)21-15-4-2-3-13(11-15)12-19(22)23;1-2-20-14(18)9-10-4-3-5-11(8-10)17-15(19)12-6-7-13(16)21-12;1-2-13-10(12)7-8-4-3-5-9(11)6-8;1-11-7-4-2-6(3-5-7)8(9)10;6-4-2-1-3(9-4)5(7)8;/h2-11H,12H2,1H3,(H,21,24)(H,22,23);3-8H,2,9H2,1H3,(H,17,19);3-6H,2,7,11H2,1H3;2-5,9-10H,1H3;1-2H,(H,7,8);1H4. The normalized spacial score (nSPS) is 9.83. The number of esters is 2. The zero-order valence-corrected chi connectivity index (χ0v) is 46.7. The van der Waals surface area contributed by atoms with Crippen molar-refractivity contribution in [2.45, 2.75) is 40.5 Å². The predicted octanol–water partition coefficient (Wildman–Crippen LogP) is 10.4. The van der Waals surface area contributed by atoms with E-state index in [-0.39, 0.29) is 55.4 Å². The number of aliphatic carboxylic acids is 1. The number of halogens is 2. The number of hydrogen-bond acceptors (Lipinski definition) is 16. The van der Waals surface area contributed by atoms with Crippen molar-refractivity contribution in [2.24, 2.45) is 0 Å². The number of aromatic carboxylic acids is 1. The number of carboxylic acid groups (broad SMARTS) is 2. The van der Waals surface area contributed by atoms with Crippen LogP contribution in [0.4, 0.5) is 17.1 Å². The lowest BCUT2D eigenvalue weighted by Crippen LogP contribution is -2.29. The summed E-state index contributed by atoms with van der Waals surface area (Å²) in [5.41, 5.74) is 10.9. The molecule has 2 amide bonds. The van der Waals surface area contributed by atoms with E-state index < -0.39 is 25.0 Å².